The van der Waals surface area contributed by atoms with Crippen molar-refractivity contribution in [2.75, 3.05) is 5.73 Å². The van der Waals surface area contributed by atoms with Crippen LogP contribution in [0.25, 0.3) is 0 Å². The number of rotatable bonds is 0. The largest absolute Gasteiger partial charge is 0.502 e. The lowest BCUT2D eigenvalue weighted by atomic mass is 10.3. The van der Waals surface area contributed by atoms with E-state index in [4.69, 9.17) is 21.1 Å². The fourth-order valence-corrected chi connectivity index (χ4v) is 0.588. The molecule has 0 atom stereocenters. The van der Waals surface area contributed by atoms with Crippen LogP contribution >= 0.6 is 0 Å². The van der Waals surface area contributed by atoms with Crippen molar-refractivity contribution in [1.29, 1.82) is 0 Å². The molecule has 6 N–H and O–H groups in total. The number of aromatic amines is 1. The second-order valence-electron chi connectivity index (χ2n) is 1.91. The standard InChI is InChI=1S/C5H6N2O4/c6-1-2(8)4(10)7-5(11)3(1)9/h8-9H,(H4,6,7,10,11). The van der Waals surface area contributed by atoms with Gasteiger partial charge in [0.05, 0.1) is 0 Å². The van der Waals surface area contributed by atoms with Crippen molar-refractivity contribution in [3.8, 4) is 17.4 Å². The molecule has 0 radical (unpaired) electrons. The van der Waals surface area contributed by atoms with E-state index in [1.807, 2.05) is 0 Å². The average molecular weight is 158 g/mol. The Labute approximate surface area is 60.5 Å². The zero-order chi connectivity index (χ0) is 8.59. The molecule has 11 heavy (non-hydrogen) atoms. The molecule has 0 aliphatic rings. The Bertz CT molecular complexity index is 343. The Morgan fingerprint density at radius 2 is 1.73 bits per heavy atom. The first-order chi connectivity index (χ1) is 5.04. The molecule has 0 aliphatic heterocycles. The summed E-state index contributed by atoms with van der Waals surface area (Å²) < 4.78 is 0. The zero-order valence-electron chi connectivity index (χ0n) is 5.33. The van der Waals surface area contributed by atoms with Crippen molar-refractivity contribution < 1.29 is 15.3 Å². The van der Waals surface area contributed by atoms with Crippen LogP contribution in [-0.2, 0) is 0 Å². The predicted octanol–water partition coefficient (Wildman–Crippen LogP) is -0.926. The topological polar surface area (TPSA) is 120 Å². The molecular weight excluding hydrogens is 152 g/mol. The summed E-state index contributed by atoms with van der Waals surface area (Å²) in [7, 11) is 0. The van der Waals surface area contributed by atoms with Crippen molar-refractivity contribution in [2.45, 2.75) is 0 Å². The van der Waals surface area contributed by atoms with E-state index >= 15 is 0 Å². The molecule has 0 aromatic carbocycles. The summed E-state index contributed by atoms with van der Waals surface area (Å²) >= 11 is 0. The molecule has 60 valence electrons. The molecule has 1 rings (SSSR count). The molecule has 1 aromatic heterocycles. The molecule has 1 heterocycles. The number of hydrogen-bond acceptors (Lipinski definition) is 5. The van der Waals surface area contributed by atoms with Crippen LogP contribution < -0.4 is 11.3 Å². The van der Waals surface area contributed by atoms with Gasteiger partial charge in [-0.2, -0.15) is 0 Å². The summed E-state index contributed by atoms with van der Waals surface area (Å²) in [4.78, 5) is 12.3. The summed E-state index contributed by atoms with van der Waals surface area (Å²) in [6.45, 7) is 0. The number of anilines is 1. The van der Waals surface area contributed by atoms with Gasteiger partial charge in [-0.05, 0) is 0 Å². The first-order valence-electron chi connectivity index (χ1n) is 2.66. The number of hydrogen-bond donors (Lipinski definition) is 5. The van der Waals surface area contributed by atoms with Crippen molar-refractivity contribution in [1.82, 2.24) is 4.98 Å². The number of nitrogen functional groups attached to an aromatic ring is 1. The number of nitrogens with two attached hydrogens (primary N) is 1. The lowest BCUT2D eigenvalue weighted by Gasteiger charge is -2.01. The third kappa shape index (κ3) is 0.936. The maximum absolute atomic E-state index is 10.6. The van der Waals surface area contributed by atoms with Gasteiger partial charge in [0.25, 0.3) is 5.56 Å². The van der Waals surface area contributed by atoms with Gasteiger partial charge in [0.1, 0.15) is 5.69 Å². The summed E-state index contributed by atoms with van der Waals surface area (Å²) in [6.07, 6.45) is 0. The van der Waals surface area contributed by atoms with E-state index in [9.17, 15) is 4.79 Å². The Morgan fingerprint density at radius 3 is 2.27 bits per heavy atom. The van der Waals surface area contributed by atoms with E-state index in [-0.39, 0.29) is 0 Å². The van der Waals surface area contributed by atoms with Gasteiger partial charge in [0, 0.05) is 0 Å². The third-order valence-electron chi connectivity index (χ3n) is 1.18. The first-order valence-corrected chi connectivity index (χ1v) is 2.66. The number of H-pyrrole nitrogens is 1. The minimum absolute atomic E-state index is 0.536. The second-order valence-corrected chi connectivity index (χ2v) is 1.91. The van der Waals surface area contributed by atoms with Gasteiger partial charge in [0.2, 0.25) is 17.4 Å². The average Bonchev–Trinajstić information content (AvgIpc) is 1.97. The van der Waals surface area contributed by atoms with Gasteiger partial charge in [-0.15, -0.1) is 0 Å². The van der Waals surface area contributed by atoms with Crippen molar-refractivity contribution in [3.63, 3.8) is 0 Å². The molecule has 0 spiro atoms. The Kier molecular flexibility index (Phi) is 1.37. The molecule has 0 bridgehead atoms. The molecule has 6 heteroatoms. The molecule has 0 saturated carbocycles. The Morgan fingerprint density at radius 1 is 1.18 bits per heavy atom. The first kappa shape index (κ1) is 7.26. The minimum Gasteiger partial charge on any atom is -0.502 e. The van der Waals surface area contributed by atoms with E-state index in [1.54, 1.807) is 4.98 Å². The number of aromatic nitrogens is 1. The highest BCUT2D eigenvalue weighted by molar-refractivity contribution is 5.63. The summed E-state index contributed by atoms with van der Waals surface area (Å²) in [5, 5.41) is 26.3. The van der Waals surface area contributed by atoms with Crippen molar-refractivity contribution in [2.24, 2.45) is 0 Å². The van der Waals surface area contributed by atoms with E-state index in [0.29, 0.717) is 0 Å². The van der Waals surface area contributed by atoms with Gasteiger partial charge >= 0.3 is 0 Å². The number of nitrogens with one attached hydrogen (secondary N) is 1. The summed E-state index contributed by atoms with van der Waals surface area (Å²) in [5.41, 5.74) is 3.52. The monoisotopic (exact) mass is 158 g/mol. The molecule has 0 fully saturated rings. The zero-order valence-corrected chi connectivity index (χ0v) is 5.33. The highest BCUT2D eigenvalue weighted by Gasteiger charge is 2.11. The van der Waals surface area contributed by atoms with Crippen LogP contribution in [0, 0.1) is 0 Å². The van der Waals surface area contributed by atoms with Crippen LogP contribution in [0.4, 0.5) is 5.69 Å². The maximum Gasteiger partial charge on any atom is 0.295 e. The Hall–Kier alpha value is -1.85. The third-order valence-corrected chi connectivity index (χ3v) is 1.18. The van der Waals surface area contributed by atoms with Crippen LogP contribution in [0.15, 0.2) is 4.79 Å². The second kappa shape index (κ2) is 2.08. The smallest absolute Gasteiger partial charge is 0.295 e. The normalized spacial score (nSPS) is 9.82. The van der Waals surface area contributed by atoms with E-state index < -0.39 is 28.6 Å². The Balaban J connectivity index is 3.59. The highest BCUT2D eigenvalue weighted by atomic mass is 16.3. The van der Waals surface area contributed by atoms with Gasteiger partial charge in [-0.3, -0.25) is 9.78 Å². The minimum atomic E-state index is -0.946. The molecule has 0 unspecified atom stereocenters. The van der Waals surface area contributed by atoms with Crippen LogP contribution in [0.1, 0.15) is 0 Å². The summed E-state index contributed by atoms with van der Waals surface area (Å²) in [5.74, 6) is -2.30. The highest BCUT2D eigenvalue weighted by Crippen LogP contribution is 2.31. The lowest BCUT2D eigenvalue weighted by Crippen LogP contribution is -2.07. The van der Waals surface area contributed by atoms with Crippen molar-refractivity contribution >= 4 is 5.69 Å². The van der Waals surface area contributed by atoms with Gasteiger partial charge in [-0.25, -0.2) is 0 Å². The molecule has 6 nitrogen and oxygen atoms in total. The lowest BCUT2D eigenvalue weighted by molar-refractivity contribution is 0.380. The quantitative estimate of drug-likeness (QED) is 0.334. The van der Waals surface area contributed by atoms with Crippen LogP contribution in [-0.4, -0.2) is 20.3 Å². The van der Waals surface area contributed by atoms with Gasteiger partial charge in [0.15, 0.2) is 0 Å². The van der Waals surface area contributed by atoms with Crippen LogP contribution in [0.5, 0.6) is 17.4 Å². The SMILES string of the molecule is Nc1c(O)c(O)[nH]c(=O)c1O. The van der Waals surface area contributed by atoms with Crippen molar-refractivity contribution in [3.05, 3.63) is 10.4 Å². The van der Waals surface area contributed by atoms with Crippen LogP contribution in [0.3, 0.4) is 0 Å². The molecule has 0 aliphatic carbocycles. The summed E-state index contributed by atoms with van der Waals surface area (Å²) in [6, 6.07) is 0. The van der Waals surface area contributed by atoms with E-state index in [1.165, 1.54) is 0 Å². The number of pyridine rings is 1. The predicted molar refractivity (Wildman–Crippen MR) is 36.5 cm³/mol. The van der Waals surface area contributed by atoms with E-state index in [2.05, 4.69) is 0 Å². The molecular formula is C5H6N2O4. The van der Waals surface area contributed by atoms with Gasteiger partial charge in [-0.1, -0.05) is 0 Å². The molecule has 1 aromatic rings. The fourth-order valence-electron chi connectivity index (χ4n) is 0.588. The number of aromatic hydroxyl groups is 3. The fraction of sp³-hybridized carbons (Fsp3) is 0. The molecule has 0 amide bonds. The van der Waals surface area contributed by atoms with Crippen LogP contribution in [0.2, 0.25) is 0 Å². The van der Waals surface area contributed by atoms with E-state index in [0.717, 1.165) is 0 Å². The molecule has 0 saturated heterocycles. The van der Waals surface area contributed by atoms with Gasteiger partial charge < -0.3 is 21.1 Å². The maximum atomic E-state index is 10.6.